The van der Waals surface area contributed by atoms with Crippen LogP contribution < -0.4 is 0 Å². The molecule has 0 atom stereocenters. The molecule has 0 saturated carbocycles. The van der Waals surface area contributed by atoms with Crippen LogP contribution in [0.2, 0.25) is 0 Å². The normalized spacial score (nSPS) is 11.9. The van der Waals surface area contributed by atoms with Gasteiger partial charge in [0.25, 0.3) is 0 Å². The third-order valence-corrected chi connectivity index (χ3v) is 0.798. The van der Waals surface area contributed by atoms with E-state index < -0.39 is 0 Å². The average Bonchev–Trinajstić information content (AvgIpc) is 1.85. The molecule has 0 amide bonds. The van der Waals surface area contributed by atoms with E-state index in [1.807, 2.05) is 30.1 Å². The van der Waals surface area contributed by atoms with E-state index in [4.69, 9.17) is 0 Å². The Hall–Kier alpha value is -1.11. The topological polar surface area (TPSA) is 3.01 Å². The Labute approximate surface area is 56.3 Å². The highest BCUT2D eigenvalue weighted by Gasteiger charge is 1.78. The lowest BCUT2D eigenvalue weighted by Crippen LogP contribution is -1.93. The molecule has 0 heterocycles. The van der Waals surface area contributed by atoms with Crippen molar-refractivity contribution in [3.05, 3.63) is 37.6 Å². The van der Waals surface area contributed by atoms with E-state index >= 15 is 0 Å². The standard InChI is InChI=1S/C8H12N/c1-4-6-8-9(3)7-5-2/h4-8H,1-2H2,3H3/q+1/b8-6-,9-7-. The van der Waals surface area contributed by atoms with Crippen molar-refractivity contribution in [3.8, 4) is 0 Å². The van der Waals surface area contributed by atoms with E-state index in [0.717, 1.165) is 0 Å². The zero-order chi connectivity index (χ0) is 7.11. The van der Waals surface area contributed by atoms with Gasteiger partial charge < -0.3 is 0 Å². The highest BCUT2D eigenvalue weighted by Crippen LogP contribution is 1.72. The lowest BCUT2D eigenvalue weighted by molar-refractivity contribution is -0.415. The Kier molecular flexibility index (Phi) is 4.41. The van der Waals surface area contributed by atoms with Crippen LogP contribution in [0.1, 0.15) is 0 Å². The summed E-state index contributed by atoms with van der Waals surface area (Å²) in [5.41, 5.74) is 0. The van der Waals surface area contributed by atoms with Gasteiger partial charge in [-0.2, -0.15) is 0 Å². The van der Waals surface area contributed by atoms with E-state index in [-0.39, 0.29) is 0 Å². The molecule has 1 nitrogen and oxygen atoms in total. The molecule has 0 aromatic rings. The third kappa shape index (κ3) is 4.75. The van der Waals surface area contributed by atoms with Crippen LogP contribution >= 0.6 is 0 Å². The summed E-state index contributed by atoms with van der Waals surface area (Å²) in [7, 11) is 1.93. The summed E-state index contributed by atoms with van der Waals surface area (Å²) in [6.45, 7) is 7.09. The van der Waals surface area contributed by atoms with E-state index in [1.165, 1.54) is 0 Å². The molecule has 0 radical (unpaired) electrons. The number of allylic oxidation sites excluding steroid dienone is 3. The molecule has 48 valence electrons. The SMILES string of the molecule is C=C/C=C\[N+](C)=C/C=C. The van der Waals surface area contributed by atoms with Crippen molar-refractivity contribution in [2.75, 3.05) is 7.05 Å². The Morgan fingerprint density at radius 1 is 1.22 bits per heavy atom. The fourth-order valence-electron chi connectivity index (χ4n) is 0.413. The molecule has 0 saturated heterocycles. The number of nitrogens with zero attached hydrogens (tertiary/aromatic N) is 1. The van der Waals surface area contributed by atoms with Crippen LogP contribution in [0.15, 0.2) is 37.6 Å². The van der Waals surface area contributed by atoms with Crippen LogP contribution in [0.4, 0.5) is 0 Å². The summed E-state index contributed by atoms with van der Waals surface area (Å²) >= 11 is 0. The molecule has 0 bridgehead atoms. The summed E-state index contributed by atoms with van der Waals surface area (Å²) in [5, 5.41) is 0. The molecule has 0 aromatic heterocycles. The van der Waals surface area contributed by atoms with E-state index in [1.54, 1.807) is 12.2 Å². The van der Waals surface area contributed by atoms with Crippen molar-refractivity contribution in [1.82, 2.24) is 0 Å². The first-order valence-corrected chi connectivity index (χ1v) is 2.78. The number of rotatable bonds is 3. The summed E-state index contributed by atoms with van der Waals surface area (Å²) in [6, 6.07) is 0. The Balaban J connectivity index is 3.88. The van der Waals surface area contributed by atoms with E-state index in [9.17, 15) is 0 Å². The Morgan fingerprint density at radius 2 is 1.89 bits per heavy atom. The maximum atomic E-state index is 3.55. The second-order valence-corrected chi connectivity index (χ2v) is 1.63. The molecule has 0 rings (SSSR count). The molecule has 0 aliphatic heterocycles. The molecular weight excluding hydrogens is 110 g/mol. The van der Waals surface area contributed by atoms with Crippen LogP contribution in [0.25, 0.3) is 0 Å². The van der Waals surface area contributed by atoms with Crippen molar-refractivity contribution in [2.45, 2.75) is 0 Å². The van der Waals surface area contributed by atoms with Crippen molar-refractivity contribution >= 4 is 6.21 Å². The predicted octanol–water partition coefficient (Wildman–Crippen LogP) is 1.59. The molecule has 1 heteroatoms. The second-order valence-electron chi connectivity index (χ2n) is 1.63. The fraction of sp³-hybridized carbons (Fsp3) is 0.125. The van der Waals surface area contributed by atoms with Crippen molar-refractivity contribution < 1.29 is 4.58 Å². The average molecular weight is 122 g/mol. The van der Waals surface area contributed by atoms with Gasteiger partial charge in [0.2, 0.25) is 0 Å². The Morgan fingerprint density at radius 3 is 2.33 bits per heavy atom. The van der Waals surface area contributed by atoms with Gasteiger partial charge in [0.1, 0.15) is 7.05 Å². The van der Waals surface area contributed by atoms with Gasteiger partial charge in [0, 0.05) is 6.08 Å². The van der Waals surface area contributed by atoms with Crippen molar-refractivity contribution in [1.29, 1.82) is 0 Å². The van der Waals surface area contributed by atoms with Gasteiger partial charge >= 0.3 is 0 Å². The monoisotopic (exact) mass is 122 g/mol. The highest BCUT2D eigenvalue weighted by molar-refractivity contribution is 5.65. The zero-order valence-corrected chi connectivity index (χ0v) is 5.75. The molecular formula is C8H12N+. The molecule has 0 unspecified atom stereocenters. The first kappa shape index (κ1) is 7.89. The summed E-state index contributed by atoms with van der Waals surface area (Å²) in [6.07, 6.45) is 9.08. The molecule has 0 fully saturated rings. The molecule has 9 heavy (non-hydrogen) atoms. The van der Waals surface area contributed by atoms with Crippen LogP contribution in [-0.4, -0.2) is 17.8 Å². The maximum Gasteiger partial charge on any atom is 0.168 e. The minimum atomic E-state index is 1.73. The fourth-order valence-corrected chi connectivity index (χ4v) is 0.413. The second kappa shape index (κ2) is 5.04. The minimum absolute atomic E-state index is 1.73. The number of hydrogen-bond donors (Lipinski definition) is 0. The molecule has 0 aliphatic carbocycles. The summed E-state index contributed by atoms with van der Waals surface area (Å²) in [5.74, 6) is 0. The smallest absolute Gasteiger partial charge is 0.168 e. The van der Waals surface area contributed by atoms with Gasteiger partial charge in [-0.15, -0.1) is 0 Å². The molecule has 0 aliphatic rings. The first-order chi connectivity index (χ1) is 4.31. The Bertz CT molecular complexity index is 152. The van der Waals surface area contributed by atoms with Crippen LogP contribution in [0, 0.1) is 0 Å². The molecule has 0 N–H and O–H groups in total. The zero-order valence-electron chi connectivity index (χ0n) is 5.75. The van der Waals surface area contributed by atoms with Crippen LogP contribution in [-0.2, 0) is 0 Å². The lowest BCUT2D eigenvalue weighted by Gasteiger charge is -1.79. The van der Waals surface area contributed by atoms with Gasteiger partial charge in [-0.3, -0.25) is 0 Å². The van der Waals surface area contributed by atoms with E-state index in [0.29, 0.717) is 0 Å². The molecule has 0 aromatic carbocycles. The van der Waals surface area contributed by atoms with Gasteiger partial charge in [-0.1, -0.05) is 19.2 Å². The summed E-state index contributed by atoms with van der Waals surface area (Å²) in [4.78, 5) is 0. The first-order valence-electron chi connectivity index (χ1n) is 2.78. The molecule has 0 spiro atoms. The van der Waals surface area contributed by atoms with Crippen LogP contribution in [0.5, 0.6) is 0 Å². The van der Waals surface area contributed by atoms with Gasteiger partial charge in [-0.25, -0.2) is 4.58 Å². The quantitative estimate of drug-likeness (QED) is 0.304. The predicted molar refractivity (Wildman–Crippen MR) is 41.8 cm³/mol. The van der Waals surface area contributed by atoms with Crippen molar-refractivity contribution in [3.63, 3.8) is 0 Å². The maximum absolute atomic E-state index is 3.55. The van der Waals surface area contributed by atoms with E-state index in [2.05, 4.69) is 13.2 Å². The highest BCUT2D eigenvalue weighted by atomic mass is 14.9. The van der Waals surface area contributed by atoms with Gasteiger partial charge in [0.15, 0.2) is 12.4 Å². The third-order valence-electron chi connectivity index (χ3n) is 0.798. The number of hydrogen-bond acceptors (Lipinski definition) is 0. The largest absolute Gasteiger partial charge is 0.208 e. The summed E-state index contributed by atoms with van der Waals surface area (Å²) < 4.78 is 1.90. The van der Waals surface area contributed by atoms with Gasteiger partial charge in [0.05, 0.1) is 0 Å². The van der Waals surface area contributed by atoms with Crippen molar-refractivity contribution in [2.24, 2.45) is 0 Å². The van der Waals surface area contributed by atoms with Gasteiger partial charge in [-0.05, 0) is 6.08 Å². The lowest BCUT2D eigenvalue weighted by atomic mass is 10.6. The van der Waals surface area contributed by atoms with Crippen LogP contribution in [0.3, 0.4) is 0 Å². The minimum Gasteiger partial charge on any atom is -0.208 e.